The molecule has 0 atom stereocenters. The molecule has 0 radical (unpaired) electrons. The van der Waals surface area contributed by atoms with Crippen LogP contribution < -0.4 is 18.9 Å². The second-order valence-corrected chi connectivity index (χ2v) is 8.85. The van der Waals surface area contributed by atoms with Crippen LogP contribution in [0.25, 0.3) is 22.9 Å². The molecular formula is C21H14N4O7S2. The number of Topliss-reactive ketones (excluding diaryl/α,β-unsaturated/α-hetero) is 1. The lowest BCUT2D eigenvalue weighted by molar-refractivity contribution is -0.114. The minimum absolute atomic E-state index is 0.0411. The van der Waals surface area contributed by atoms with Gasteiger partial charge in [-0.25, -0.2) is 0 Å². The molecule has 11 nitrogen and oxygen atoms in total. The highest BCUT2D eigenvalue weighted by Crippen LogP contribution is 2.37. The van der Waals surface area contributed by atoms with Gasteiger partial charge in [-0.2, -0.15) is 0 Å². The first-order valence-electron chi connectivity index (χ1n) is 9.96. The monoisotopic (exact) mass is 498 g/mol. The van der Waals surface area contributed by atoms with Gasteiger partial charge in [-0.05, 0) is 36.4 Å². The predicted molar refractivity (Wildman–Crippen MR) is 118 cm³/mol. The molecule has 0 saturated carbocycles. The second-order valence-electron chi connectivity index (χ2n) is 7.00. The minimum Gasteiger partial charge on any atom is -0.454 e. The largest absolute Gasteiger partial charge is 0.454 e. The zero-order chi connectivity index (χ0) is 22.9. The molecule has 0 unspecified atom stereocenters. The van der Waals surface area contributed by atoms with Crippen molar-refractivity contribution in [3.05, 3.63) is 36.4 Å². The van der Waals surface area contributed by atoms with Crippen molar-refractivity contribution in [3.63, 3.8) is 0 Å². The Bertz CT molecular complexity index is 1270. The van der Waals surface area contributed by atoms with E-state index in [9.17, 15) is 4.79 Å². The van der Waals surface area contributed by atoms with E-state index in [2.05, 4.69) is 20.4 Å². The third kappa shape index (κ3) is 4.26. The summed E-state index contributed by atoms with van der Waals surface area (Å²) in [7, 11) is 0. The molecule has 0 spiro atoms. The third-order valence-corrected chi connectivity index (χ3v) is 6.52. The summed E-state index contributed by atoms with van der Waals surface area (Å²) in [4.78, 5) is 12.3. The highest BCUT2D eigenvalue weighted by Gasteiger charge is 2.19. The Morgan fingerprint density at radius 3 is 1.65 bits per heavy atom. The molecular weight excluding hydrogens is 484 g/mol. The Morgan fingerprint density at radius 2 is 1.15 bits per heavy atom. The second kappa shape index (κ2) is 8.91. The van der Waals surface area contributed by atoms with Crippen LogP contribution in [0.1, 0.15) is 0 Å². The molecule has 2 aromatic heterocycles. The molecule has 6 rings (SSSR count). The van der Waals surface area contributed by atoms with Crippen molar-refractivity contribution in [1.82, 2.24) is 20.4 Å². The highest BCUT2D eigenvalue weighted by molar-refractivity contribution is 8.01. The molecule has 0 fully saturated rings. The smallest absolute Gasteiger partial charge is 0.277 e. The van der Waals surface area contributed by atoms with Gasteiger partial charge in [-0.1, -0.05) is 23.5 Å². The lowest BCUT2D eigenvalue weighted by atomic mass is 10.2. The number of carbonyl (C=O) groups excluding carboxylic acids is 1. The fourth-order valence-electron chi connectivity index (χ4n) is 3.15. The summed E-state index contributed by atoms with van der Waals surface area (Å²) < 4.78 is 32.6. The third-order valence-electron chi connectivity index (χ3n) is 4.77. The summed E-state index contributed by atoms with van der Waals surface area (Å²) in [5.41, 5.74) is 1.42. The van der Waals surface area contributed by atoms with E-state index in [-0.39, 0.29) is 30.9 Å². The standard InChI is InChI=1S/C21H14N4O7S2/c26-13(7-33-20-24-22-18(31-20)11-1-3-14-16(5-11)29-9-27-14)8-34-21-25-23-19(32-21)12-2-4-15-17(6-12)30-10-28-15/h1-6H,7-10H2. The van der Waals surface area contributed by atoms with E-state index in [0.29, 0.717) is 56.4 Å². The van der Waals surface area contributed by atoms with Crippen LogP contribution in [0.3, 0.4) is 0 Å². The molecule has 4 heterocycles. The molecule has 0 bridgehead atoms. The number of thioether (sulfide) groups is 2. The van der Waals surface area contributed by atoms with Crippen LogP contribution in [0, 0.1) is 0 Å². The highest BCUT2D eigenvalue weighted by atomic mass is 32.2. The van der Waals surface area contributed by atoms with E-state index in [4.69, 9.17) is 27.8 Å². The Morgan fingerprint density at radius 1 is 0.676 bits per heavy atom. The fraction of sp³-hybridized carbons (Fsp3) is 0.190. The summed E-state index contributed by atoms with van der Waals surface area (Å²) in [6.07, 6.45) is 0. The summed E-state index contributed by atoms with van der Waals surface area (Å²) >= 11 is 2.33. The Hall–Kier alpha value is -3.71. The summed E-state index contributed by atoms with van der Waals surface area (Å²) in [5, 5.41) is 16.7. The zero-order valence-corrected chi connectivity index (χ0v) is 18.9. The molecule has 0 amide bonds. The maximum atomic E-state index is 12.3. The number of benzene rings is 2. The minimum atomic E-state index is -0.0411. The van der Waals surface area contributed by atoms with E-state index >= 15 is 0 Å². The van der Waals surface area contributed by atoms with Gasteiger partial charge in [0, 0.05) is 11.1 Å². The van der Waals surface area contributed by atoms with Crippen molar-refractivity contribution < 1.29 is 32.6 Å². The molecule has 34 heavy (non-hydrogen) atoms. The molecule has 172 valence electrons. The van der Waals surface area contributed by atoms with Gasteiger partial charge in [-0.15, -0.1) is 20.4 Å². The summed E-state index contributed by atoms with van der Waals surface area (Å²) in [6, 6.07) is 10.7. The fourth-order valence-corrected chi connectivity index (χ4v) is 4.53. The average Bonchev–Trinajstić information content (AvgIpc) is 3.67. The van der Waals surface area contributed by atoms with Crippen LogP contribution in [0.15, 0.2) is 55.7 Å². The number of fused-ring (bicyclic) bond motifs is 2. The van der Waals surface area contributed by atoms with Crippen LogP contribution in [0.5, 0.6) is 23.0 Å². The molecule has 2 aromatic carbocycles. The van der Waals surface area contributed by atoms with Gasteiger partial charge in [-0.3, -0.25) is 4.79 Å². The number of rotatable bonds is 8. The number of hydrogen-bond donors (Lipinski definition) is 0. The van der Waals surface area contributed by atoms with Gasteiger partial charge in [0.2, 0.25) is 25.4 Å². The van der Waals surface area contributed by atoms with Gasteiger partial charge >= 0.3 is 0 Å². The summed E-state index contributed by atoms with van der Waals surface area (Å²) in [6.45, 7) is 0.375. The van der Waals surface area contributed by atoms with E-state index < -0.39 is 0 Å². The molecule has 2 aliphatic rings. The number of hydrogen-bond acceptors (Lipinski definition) is 13. The normalized spacial score (nSPS) is 13.4. The van der Waals surface area contributed by atoms with Crippen LogP contribution in [0.4, 0.5) is 0 Å². The number of nitrogens with zero attached hydrogens (tertiary/aromatic N) is 4. The molecule has 2 aliphatic heterocycles. The van der Waals surface area contributed by atoms with Gasteiger partial charge in [0.1, 0.15) is 0 Å². The van der Waals surface area contributed by atoms with Crippen molar-refractivity contribution in [1.29, 1.82) is 0 Å². The van der Waals surface area contributed by atoms with Crippen molar-refractivity contribution in [2.75, 3.05) is 25.1 Å². The van der Waals surface area contributed by atoms with E-state index in [1.807, 2.05) is 0 Å². The average molecular weight is 498 g/mol. The Kier molecular flexibility index (Phi) is 5.47. The van der Waals surface area contributed by atoms with Crippen LogP contribution in [0.2, 0.25) is 0 Å². The first kappa shape index (κ1) is 20.9. The van der Waals surface area contributed by atoms with Crippen molar-refractivity contribution in [3.8, 4) is 45.9 Å². The predicted octanol–water partition coefficient (Wildman–Crippen LogP) is 3.70. The van der Waals surface area contributed by atoms with Crippen molar-refractivity contribution in [2.24, 2.45) is 0 Å². The summed E-state index contributed by atoms with van der Waals surface area (Å²) in [5.74, 6) is 3.56. The molecule has 4 aromatic rings. The molecule has 0 N–H and O–H groups in total. The van der Waals surface area contributed by atoms with Gasteiger partial charge < -0.3 is 27.8 Å². The maximum absolute atomic E-state index is 12.3. The lowest BCUT2D eigenvalue weighted by Gasteiger charge is -1.98. The van der Waals surface area contributed by atoms with Gasteiger partial charge in [0.25, 0.3) is 10.4 Å². The van der Waals surface area contributed by atoms with E-state index in [1.54, 1.807) is 36.4 Å². The first-order valence-corrected chi connectivity index (χ1v) is 11.9. The molecule has 13 heteroatoms. The number of aromatic nitrogens is 4. The Labute approximate surface area is 200 Å². The number of ether oxygens (including phenoxy) is 4. The molecule has 0 aliphatic carbocycles. The number of ketones is 1. The quantitative estimate of drug-likeness (QED) is 0.327. The first-order chi connectivity index (χ1) is 16.7. The van der Waals surface area contributed by atoms with Crippen LogP contribution in [-0.4, -0.2) is 51.3 Å². The Balaban J connectivity index is 1.01. The maximum Gasteiger partial charge on any atom is 0.277 e. The van der Waals surface area contributed by atoms with Crippen molar-refractivity contribution >= 4 is 29.3 Å². The van der Waals surface area contributed by atoms with Gasteiger partial charge in [0.15, 0.2) is 28.8 Å². The van der Waals surface area contributed by atoms with Crippen molar-refractivity contribution in [2.45, 2.75) is 10.4 Å². The lowest BCUT2D eigenvalue weighted by Crippen LogP contribution is -2.04. The SMILES string of the molecule is O=C(CSc1nnc(-c2ccc3c(c2)OCO3)o1)CSc1nnc(-c2ccc3c(c2)OCO3)o1. The van der Waals surface area contributed by atoms with Crippen LogP contribution >= 0.6 is 23.5 Å². The zero-order valence-electron chi connectivity index (χ0n) is 17.3. The topological polar surface area (TPSA) is 132 Å². The van der Waals surface area contributed by atoms with Gasteiger partial charge in [0.05, 0.1) is 11.5 Å². The molecule has 0 saturated heterocycles. The van der Waals surface area contributed by atoms with E-state index in [1.165, 1.54) is 23.5 Å². The number of carbonyl (C=O) groups is 1. The van der Waals surface area contributed by atoms with Crippen LogP contribution in [-0.2, 0) is 4.79 Å². The van der Waals surface area contributed by atoms with E-state index in [0.717, 1.165) is 0 Å².